The fourth-order valence-electron chi connectivity index (χ4n) is 2.31. The van der Waals surface area contributed by atoms with Crippen molar-refractivity contribution in [1.82, 2.24) is 4.57 Å². The Kier molecular flexibility index (Phi) is 3.69. The van der Waals surface area contributed by atoms with E-state index in [-0.39, 0.29) is 16.2 Å². The van der Waals surface area contributed by atoms with Crippen LogP contribution >= 0.6 is 11.6 Å². The summed E-state index contributed by atoms with van der Waals surface area (Å²) < 4.78 is 19.7. The molecule has 7 heteroatoms. The Labute approximate surface area is 135 Å². The molecule has 23 heavy (non-hydrogen) atoms. The lowest BCUT2D eigenvalue weighted by Crippen LogP contribution is -2.26. The summed E-state index contributed by atoms with van der Waals surface area (Å²) >= 11 is 5.75. The summed E-state index contributed by atoms with van der Waals surface area (Å²) in [6.45, 7) is 0. The Morgan fingerprint density at radius 2 is 2.04 bits per heavy atom. The van der Waals surface area contributed by atoms with Crippen LogP contribution in [0.1, 0.15) is 10.4 Å². The first kappa shape index (κ1) is 15.3. The number of nitrogens with zero attached hydrogens (tertiary/aromatic N) is 2. The zero-order valence-corrected chi connectivity index (χ0v) is 13.1. The van der Waals surface area contributed by atoms with E-state index in [1.54, 1.807) is 25.2 Å². The van der Waals surface area contributed by atoms with Crippen LogP contribution in [0.25, 0.3) is 11.1 Å². The standard InChI is InChI=1S/C16H12ClFN2O3/c1-19(9-6-7-12(18)11(17)8-9)15(21)10-4-3-5-13-14(10)23-16(22)20(13)2/h3-8H,1-2H3. The summed E-state index contributed by atoms with van der Waals surface area (Å²) in [5.74, 6) is -1.51. The molecular weight excluding hydrogens is 323 g/mol. The molecule has 5 nitrogen and oxygen atoms in total. The number of amides is 1. The van der Waals surface area contributed by atoms with Crippen molar-refractivity contribution in [3.8, 4) is 0 Å². The number of rotatable bonds is 2. The van der Waals surface area contributed by atoms with Crippen LogP contribution in [0.5, 0.6) is 0 Å². The number of fused-ring (bicyclic) bond motifs is 1. The molecule has 0 aliphatic carbocycles. The first-order valence-corrected chi connectivity index (χ1v) is 7.09. The van der Waals surface area contributed by atoms with Gasteiger partial charge in [-0.3, -0.25) is 9.36 Å². The molecule has 0 fully saturated rings. The van der Waals surface area contributed by atoms with Crippen LogP contribution in [-0.4, -0.2) is 17.5 Å². The number of benzene rings is 2. The molecule has 0 saturated heterocycles. The van der Waals surface area contributed by atoms with Gasteiger partial charge in [0.1, 0.15) is 5.82 Å². The second kappa shape index (κ2) is 5.55. The van der Waals surface area contributed by atoms with Crippen LogP contribution < -0.4 is 10.7 Å². The number of para-hydroxylation sites is 1. The molecule has 1 aromatic heterocycles. The highest BCUT2D eigenvalue weighted by atomic mass is 35.5. The molecule has 1 heterocycles. The topological polar surface area (TPSA) is 55.5 Å². The van der Waals surface area contributed by atoms with E-state index in [4.69, 9.17) is 16.0 Å². The van der Waals surface area contributed by atoms with E-state index in [1.165, 1.54) is 34.7 Å². The van der Waals surface area contributed by atoms with Gasteiger partial charge >= 0.3 is 5.76 Å². The molecule has 118 valence electrons. The molecule has 0 N–H and O–H groups in total. The first-order valence-electron chi connectivity index (χ1n) is 6.72. The van der Waals surface area contributed by atoms with Gasteiger partial charge in [0.2, 0.25) is 0 Å². The number of halogens is 2. The maximum Gasteiger partial charge on any atom is 0.419 e. The smallest absolute Gasteiger partial charge is 0.407 e. The molecule has 2 aromatic carbocycles. The van der Waals surface area contributed by atoms with Gasteiger partial charge in [-0.25, -0.2) is 9.18 Å². The van der Waals surface area contributed by atoms with Gasteiger partial charge in [-0.2, -0.15) is 0 Å². The van der Waals surface area contributed by atoms with Gasteiger partial charge in [0.25, 0.3) is 5.91 Å². The predicted octanol–water partition coefficient (Wildman–Crippen LogP) is 3.20. The minimum absolute atomic E-state index is 0.0772. The lowest BCUT2D eigenvalue weighted by Gasteiger charge is -2.17. The molecule has 0 aliphatic rings. The van der Waals surface area contributed by atoms with Gasteiger partial charge in [-0.05, 0) is 30.3 Å². The van der Waals surface area contributed by atoms with E-state index in [1.807, 2.05) is 0 Å². The quantitative estimate of drug-likeness (QED) is 0.723. The zero-order valence-electron chi connectivity index (χ0n) is 12.3. The number of aromatic nitrogens is 1. The molecule has 0 atom stereocenters. The van der Waals surface area contributed by atoms with Crippen molar-refractivity contribution in [1.29, 1.82) is 0 Å². The SMILES string of the molecule is CN(C(=O)c1cccc2c1oc(=O)n2C)c1ccc(F)c(Cl)c1. The number of oxazole rings is 1. The predicted molar refractivity (Wildman–Crippen MR) is 85.6 cm³/mol. The largest absolute Gasteiger partial charge is 0.419 e. The molecule has 1 amide bonds. The maximum absolute atomic E-state index is 13.3. The third kappa shape index (κ3) is 2.51. The van der Waals surface area contributed by atoms with Crippen molar-refractivity contribution in [2.45, 2.75) is 0 Å². The average molecular weight is 335 g/mol. The molecule has 0 radical (unpaired) electrons. The van der Waals surface area contributed by atoms with Gasteiger partial charge in [0.15, 0.2) is 5.58 Å². The maximum atomic E-state index is 13.3. The van der Waals surface area contributed by atoms with Crippen molar-refractivity contribution >= 4 is 34.3 Å². The van der Waals surface area contributed by atoms with Crippen molar-refractivity contribution in [2.24, 2.45) is 7.05 Å². The summed E-state index contributed by atoms with van der Waals surface area (Å²) in [5, 5.41) is -0.0772. The number of anilines is 1. The average Bonchev–Trinajstić information content (AvgIpc) is 2.83. The lowest BCUT2D eigenvalue weighted by atomic mass is 10.1. The van der Waals surface area contributed by atoms with Crippen molar-refractivity contribution < 1.29 is 13.6 Å². The van der Waals surface area contributed by atoms with Gasteiger partial charge in [0.05, 0.1) is 16.1 Å². The lowest BCUT2D eigenvalue weighted by molar-refractivity contribution is 0.0993. The molecule has 0 unspecified atom stereocenters. The Balaban J connectivity index is 2.08. The highest BCUT2D eigenvalue weighted by Crippen LogP contribution is 2.25. The van der Waals surface area contributed by atoms with Crippen molar-refractivity contribution in [2.75, 3.05) is 11.9 Å². The Morgan fingerprint density at radius 3 is 2.74 bits per heavy atom. The third-order valence-corrected chi connectivity index (χ3v) is 3.93. The normalized spacial score (nSPS) is 11.0. The van der Waals surface area contributed by atoms with Crippen LogP contribution in [0.4, 0.5) is 10.1 Å². The number of carbonyl (C=O) groups is 1. The van der Waals surface area contributed by atoms with Gasteiger partial charge in [0, 0.05) is 19.8 Å². The summed E-state index contributed by atoms with van der Waals surface area (Å²) in [4.78, 5) is 25.7. The molecule has 0 spiro atoms. The fraction of sp³-hybridized carbons (Fsp3) is 0.125. The van der Waals surface area contributed by atoms with E-state index in [9.17, 15) is 14.0 Å². The minimum Gasteiger partial charge on any atom is -0.407 e. The monoisotopic (exact) mass is 334 g/mol. The Morgan fingerprint density at radius 1 is 1.30 bits per heavy atom. The van der Waals surface area contributed by atoms with E-state index < -0.39 is 17.5 Å². The summed E-state index contributed by atoms with van der Waals surface area (Å²) in [6, 6.07) is 8.90. The van der Waals surface area contributed by atoms with E-state index in [0.29, 0.717) is 11.2 Å². The zero-order chi connectivity index (χ0) is 16.7. The van der Waals surface area contributed by atoms with Gasteiger partial charge in [-0.1, -0.05) is 17.7 Å². The molecular formula is C16H12ClFN2O3. The second-order valence-corrected chi connectivity index (χ2v) is 5.45. The van der Waals surface area contributed by atoms with E-state index in [2.05, 4.69) is 0 Å². The molecule has 3 aromatic rings. The fourth-order valence-corrected chi connectivity index (χ4v) is 2.49. The van der Waals surface area contributed by atoms with Gasteiger partial charge in [-0.15, -0.1) is 0 Å². The minimum atomic E-state index is -0.563. The number of hydrogen-bond donors (Lipinski definition) is 0. The van der Waals surface area contributed by atoms with Crippen LogP contribution in [0.2, 0.25) is 5.02 Å². The van der Waals surface area contributed by atoms with Crippen molar-refractivity contribution in [3.63, 3.8) is 0 Å². The number of aryl methyl sites for hydroxylation is 1. The van der Waals surface area contributed by atoms with Crippen LogP contribution in [0, 0.1) is 5.82 Å². The second-order valence-electron chi connectivity index (χ2n) is 5.04. The van der Waals surface area contributed by atoms with Crippen LogP contribution in [-0.2, 0) is 7.05 Å². The molecule has 0 bridgehead atoms. The number of carbonyl (C=O) groups excluding carboxylic acids is 1. The van der Waals surface area contributed by atoms with Gasteiger partial charge < -0.3 is 9.32 Å². The first-order chi connectivity index (χ1) is 10.9. The molecule has 0 aliphatic heterocycles. The Hall–Kier alpha value is -2.60. The van der Waals surface area contributed by atoms with E-state index in [0.717, 1.165) is 0 Å². The van der Waals surface area contributed by atoms with Crippen LogP contribution in [0.15, 0.2) is 45.6 Å². The summed E-state index contributed by atoms with van der Waals surface area (Å²) in [7, 11) is 3.09. The van der Waals surface area contributed by atoms with E-state index >= 15 is 0 Å². The summed E-state index contributed by atoms with van der Waals surface area (Å²) in [5.41, 5.74) is 1.40. The molecule has 3 rings (SSSR count). The van der Waals surface area contributed by atoms with Crippen molar-refractivity contribution in [3.05, 3.63) is 63.4 Å². The van der Waals surface area contributed by atoms with Crippen LogP contribution in [0.3, 0.4) is 0 Å². The third-order valence-electron chi connectivity index (χ3n) is 3.64. The highest BCUT2D eigenvalue weighted by molar-refractivity contribution is 6.31. The summed E-state index contributed by atoms with van der Waals surface area (Å²) in [6.07, 6.45) is 0. The molecule has 0 saturated carbocycles. The number of hydrogen-bond acceptors (Lipinski definition) is 3. The Bertz CT molecular complexity index is 977. The highest BCUT2D eigenvalue weighted by Gasteiger charge is 2.20.